The molecule has 0 amide bonds. The second-order valence-electron chi connectivity index (χ2n) is 32.0. The van der Waals surface area contributed by atoms with Gasteiger partial charge in [0.2, 0.25) is 5.24 Å². The molecule has 6 aromatic rings. The highest BCUT2D eigenvalue weighted by molar-refractivity contribution is 14.1. The molecule has 6 aromatic carbocycles. The van der Waals surface area contributed by atoms with E-state index in [1.807, 2.05) is 170 Å². The molecule has 16 heteroatoms. The molecule has 0 aromatic heterocycles. The number of rotatable bonds is 26. The van der Waals surface area contributed by atoms with E-state index in [1.54, 1.807) is 0 Å². The summed E-state index contributed by atoms with van der Waals surface area (Å²) in [5.41, 5.74) is 5.18. The van der Waals surface area contributed by atoms with Crippen LogP contribution in [0.15, 0.2) is 182 Å². The quantitative estimate of drug-likeness (QED) is 0.0172. The van der Waals surface area contributed by atoms with E-state index in [-0.39, 0.29) is 71.6 Å². The van der Waals surface area contributed by atoms with Gasteiger partial charge < -0.3 is 39.0 Å². The van der Waals surface area contributed by atoms with E-state index in [9.17, 15) is 33.9 Å². The van der Waals surface area contributed by atoms with Crippen LogP contribution < -0.4 is 0 Å². The number of aliphatic carboxylic acids is 1. The lowest BCUT2D eigenvalue weighted by atomic mass is 9.76. The third-order valence-electron chi connectivity index (χ3n) is 23.5. The molecular formula is C91H116ClIN2O12. The van der Waals surface area contributed by atoms with Crippen molar-refractivity contribution in [3.8, 4) is 0 Å². The number of hydrogen-bond donors (Lipinski definition) is 2. The average molecular weight is 1590 g/mol. The van der Waals surface area contributed by atoms with E-state index >= 15 is 0 Å². The van der Waals surface area contributed by atoms with Crippen molar-refractivity contribution in [3.63, 3.8) is 0 Å². The molecule has 107 heavy (non-hydrogen) atoms. The van der Waals surface area contributed by atoms with Crippen LogP contribution >= 0.6 is 34.2 Å². The number of fused-ring (bicyclic) bond motifs is 4. The largest absolute Gasteiger partial charge is 0.481 e. The fourth-order valence-electron chi connectivity index (χ4n) is 15.8. The molecule has 10 fully saturated rings. The molecule has 576 valence electrons. The van der Waals surface area contributed by atoms with Crippen LogP contribution in [-0.2, 0) is 59.6 Å². The van der Waals surface area contributed by atoms with Gasteiger partial charge in [0.05, 0.1) is 50.9 Å². The number of nitrogens with zero attached hydrogens (tertiary/aromatic N) is 2. The average Bonchev–Trinajstić information content (AvgIpc) is 0.985. The fourth-order valence-corrected chi connectivity index (χ4v) is 16.8. The van der Waals surface area contributed by atoms with Gasteiger partial charge in [-0.1, -0.05) is 269 Å². The Hall–Kier alpha value is -6.76. The summed E-state index contributed by atoms with van der Waals surface area (Å²) in [5.74, 6) is 2.75. The summed E-state index contributed by atoms with van der Waals surface area (Å²) in [6.45, 7) is -0.175. The lowest BCUT2D eigenvalue weighted by Gasteiger charge is -2.38. The molecule has 14 nitrogen and oxygen atoms in total. The standard InChI is InChI=1S/C21H29NO3.C20H27NO2.C13H16O2.C12H13ClO.C12H14O2.C9H10O2.C4H7I/c1-22-17-9-10-18(22)12-19(11-17)25-20(24)21(14-23,13-15-7-8-15)16-5-3-2-4-6-16;1-21-16-9-10-17(21)13-18(12-16)23-20(22)19(11-14-7-8-14)15-5-3-2-4-6-15;1-15-13(14)12(9-10-7-8-10)11-5-3-2-4-6-11;2*13-12(14)11(8-9-6-7-9)10-4-2-1-3-5-10;1-11-9(10)7-8-5-3-2-4-6-8;5-3-4-1-2-4/h2-6,15,17-19,23H,7-14H2,1H3;2-6,14,16-19H,7-13H2,1H3;2-6,10,12H,7-9H2,1H3;1-5,9,11H,6-8H2;1-5,9,11H,6-8H2,(H,13,14);2-6H,7H2,1H3;4H,1-3H2. The molecule has 0 radical (unpaired) electrons. The van der Waals surface area contributed by atoms with Crippen LogP contribution in [0.5, 0.6) is 0 Å². The number of benzene rings is 6. The number of esters is 4. The summed E-state index contributed by atoms with van der Waals surface area (Å²) in [6, 6.07) is 61.1. The van der Waals surface area contributed by atoms with Crippen LogP contribution in [0, 0.1) is 35.5 Å². The molecule has 0 spiro atoms. The first-order valence-electron chi connectivity index (χ1n) is 39.8. The van der Waals surface area contributed by atoms with Crippen LogP contribution in [0.25, 0.3) is 0 Å². The van der Waals surface area contributed by atoms with E-state index < -0.39 is 11.4 Å². The van der Waals surface area contributed by atoms with Crippen molar-refractivity contribution in [1.29, 1.82) is 0 Å². The second-order valence-corrected chi connectivity index (χ2v) is 33.2. The van der Waals surface area contributed by atoms with Crippen LogP contribution in [-0.4, -0.2) is 131 Å². The van der Waals surface area contributed by atoms with Gasteiger partial charge in [-0.2, -0.15) is 0 Å². The Kier molecular flexibility index (Phi) is 32.4. The van der Waals surface area contributed by atoms with Gasteiger partial charge in [-0.05, 0) is 191 Å². The van der Waals surface area contributed by atoms with Gasteiger partial charge in [0.25, 0.3) is 0 Å². The molecule has 4 aliphatic heterocycles. The molecule has 6 aliphatic carbocycles. The molecule has 16 rings (SSSR count). The van der Waals surface area contributed by atoms with Crippen molar-refractivity contribution in [1.82, 2.24) is 9.80 Å². The van der Waals surface area contributed by atoms with Crippen molar-refractivity contribution in [3.05, 3.63) is 215 Å². The molecule has 2 N–H and O–H groups in total. The third-order valence-corrected chi connectivity index (χ3v) is 25.0. The highest BCUT2D eigenvalue weighted by Crippen LogP contribution is 2.46. The molecular weight excluding hydrogens is 1480 g/mol. The fraction of sp³-hybridized carbons (Fsp3) is 0.538. The number of carboxylic acid groups (broad SMARTS) is 1. The van der Waals surface area contributed by atoms with Crippen LogP contribution in [0.3, 0.4) is 0 Å². The Balaban J connectivity index is 0.000000138. The number of halogens is 2. The third kappa shape index (κ3) is 26.8. The second kappa shape index (κ2) is 41.9. The molecule has 4 heterocycles. The first-order chi connectivity index (χ1) is 51.9. The summed E-state index contributed by atoms with van der Waals surface area (Å²) in [7, 11) is 7.27. The number of piperidine rings is 2. The number of carbonyl (C=O) groups is 6. The van der Waals surface area contributed by atoms with Crippen molar-refractivity contribution in [2.75, 3.05) is 39.3 Å². The molecule has 4 bridgehead atoms. The lowest BCUT2D eigenvalue weighted by Crippen LogP contribution is -2.47. The topological polar surface area (TPSA) is 186 Å². The number of carbonyl (C=O) groups excluding carboxylic acids is 5. The highest BCUT2D eigenvalue weighted by Gasteiger charge is 2.49. The van der Waals surface area contributed by atoms with E-state index in [4.69, 9.17) is 30.9 Å². The van der Waals surface area contributed by atoms with Crippen molar-refractivity contribution in [2.45, 2.75) is 232 Å². The Labute approximate surface area is 655 Å². The minimum atomic E-state index is -0.898. The SMILES string of the molecule is CN1C2CCC1CC(OC(=O)C(CC1CC1)c1ccccc1)C2.CN1C2CCC1CC(OC(=O)C(CO)(CC1CC1)c1ccccc1)C2.COC(=O)C(CC1CC1)c1ccccc1.COC(=O)Cc1ccccc1.ICC1CC1.O=C(Cl)C(CC1CC1)c1ccccc1.O=C(O)C(CC1CC1)c1ccccc1. The molecule has 9 unspecified atom stereocenters. The van der Waals surface area contributed by atoms with E-state index in [0.717, 1.165) is 121 Å². The van der Waals surface area contributed by atoms with E-state index in [1.165, 1.54) is 109 Å². The predicted octanol–water partition coefficient (Wildman–Crippen LogP) is 18.6. The van der Waals surface area contributed by atoms with Gasteiger partial charge in [-0.25, -0.2) is 0 Å². The Morgan fingerprint density at radius 2 is 0.776 bits per heavy atom. The minimum Gasteiger partial charge on any atom is -0.481 e. The minimum absolute atomic E-state index is 0.00459. The maximum Gasteiger partial charge on any atom is 0.319 e. The zero-order chi connectivity index (χ0) is 75.7. The van der Waals surface area contributed by atoms with Gasteiger partial charge in [-0.15, -0.1) is 0 Å². The maximum absolute atomic E-state index is 13.2. The normalized spacial score (nSPS) is 23.3. The number of alkyl halides is 1. The molecule has 9 atom stereocenters. The Morgan fingerprint density at radius 1 is 0.439 bits per heavy atom. The zero-order valence-electron chi connectivity index (χ0n) is 63.5. The summed E-state index contributed by atoms with van der Waals surface area (Å²) in [5, 5.41) is 19.1. The van der Waals surface area contributed by atoms with Crippen molar-refractivity contribution < 1.29 is 57.9 Å². The van der Waals surface area contributed by atoms with Gasteiger partial charge in [0, 0.05) is 28.6 Å². The number of ether oxygens (including phenoxy) is 4. The predicted molar refractivity (Wildman–Crippen MR) is 430 cm³/mol. The first kappa shape index (κ1) is 82.7. The number of methoxy groups -OCH3 is 2. The van der Waals surface area contributed by atoms with E-state index in [0.29, 0.717) is 48.8 Å². The zero-order valence-corrected chi connectivity index (χ0v) is 66.4. The number of carboxylic acids is 1. The van der Waals surface area contributed by atoms with Gasteiger partial charge in [0.1, 0.15) is 17.6 Å². The van der Waals surface area contributed by atoms with Crippen LogP contribution in [0.1, 0.15) is 218 Å². The van der Waals surface area contributed by atoms with Crippen LogP contribution in [0.4, 0.5) is 0 Å². The van der Waals surface area contributed by atoms with Gasteiger partial charge >= 0.3 is 29.8 Å². The lowest BCUT2D eigenvalue weighted by molar-refractivity contribution is -0.162. The molecule has 10 aliphatic rings. The van der Waals surface area contributed by atoms with E-state index in [2.05, 4.69) is 63.4 Å². The monoisotopic (exact) mass is 1590 g/mol. The number of hydrogen-bond acceptors (Lipinski definition) is 13. The first-order valence-corrected chi connectivity index (χ1v) is 41.7. The van der Waals surface area contributed by atoms with Crippen molar-refractivity contribution in [2.24, 2.45) is 35.5 Å². The summed E-state index contributed by atoms with van der Waals surface area (Å²) in [6.07, 6.45) is 29.0. The van der Waals surface area contributed by atoms with Crippen LogP contribution in [0.2, 0.25) is 0 Å². The Bertz CT molecular complexity index is 3570. The Morgan fingerprint density at radius 3 is 1.11 bits per heavy atom. The van der Waals surface area contributed by atoms with Gasteiger partial charge in [0.15, 0.2) is 0 Å². The highest BCUT2D eigenvalue weighted by atomic mass is 127. The number of aliphatic hydroxyl groups excluding tert-OH is 1. The maximum atomic E-state index is 13.2. The molecule has 6 saturated carbocycles. The smallest absolute Gasteiger partial charge is 0.319 e. The summed E-state index contributed by atoms with van der Waals surface area (Å²) < 4.78 is 22.8. The summed E-state index contributed by atoms with van der Waals surface area (Å²) in [4.78, 5) is 75.8. The van der Waals surface area contributed by atoms with Gasteiger partial charge in [-0.3, -0.25) is 28.8 Å². The molecule has 4 saturated heterocycles. The van der Waals surface area contributed by atoms with Crippen molar-refractivity contribution >= 4 is 69.3 Å². The summed E-state index contributed by atoms with van der Waals surface area (Å²) >= 11 is 8.05. The number of aliphatic hydroxyl groups is 1.